The Morgan fingerprint density at radius 1 is 1.17 bits per heavy atom. The van der Waals surface area contributed by atoms with E-state index >= 15 is 0 Å². The number of pyridine rings is 1. The van der Waals surface area contributed by atoms with Crippen molar-refractivity contribution in [3.8, 4) is 10.4 Å². The summed E-state index contributed by atoms with van der Waals surface area (Å²) in [4.78, 5) is 17.3. The van der Waals surface area contributed by atoms with Gasteiger partial charge in [0.2, 0.25) is 0 Å². The minimum Gasteiger partial charge on any atom is -0.334 e. The lowest BCUT2D eigenvalue weighted by molar-refractivity contribution is 0.251. The number of urea groups is 1. The van der Waals surface area contributed by atoms with Gasteiger partial charge in [-0.15, -0.1) is 11.3 Å². The van der Waals surface area contributed by atoms with Crippen LogP contribution < -0.4 is 10.6 Å². The molecule has 0 aliphatic carbocycles. The minimum atomic E-state index is -0.270. The molecule has 0 atom stereocenters. The molecular formula is C17H14ClN3OS. The van der Waals surface area contributed by atoms with E-state index in [2.05, 4.69) is 15.6 Å². The lowest BCUT2D eigenvalue weighted by Crippen LogP contribution is -2.28. The zero-order valence-corrected chi connectivity index (χ0v) is 13.7. The number of hydrogen-bond donors (Lipinski definition) is 2. The van der Waals surface area contributed by atoms with Crippen molar-refractivity contribution in [1.29, 1.82) is 0 Å². The van der Waals surface area contributed by atoms with E-state index in [0.717, 1.165) is 16.0 Å². The molecule has 1 aromatic carbocycles. The van der Waals surface area contributed by atoms with Crippen molar-refractivity contribution in [3.63, 3.8) is 0 Å². The van der Waals surface area contributed by atoms with Crippen LogP contribution in [0.25, 0.3) is 10.4 Å². The summed E-state index contributed by atoms with van der Waals surface area (Å²) < 4.78 is 0. The van der Waals surface area contributed by atoms with Gasteiger partial charge < -0.3 is 10.6 Å². The van der Waals surface area contributed by atoms with Gasteiger partial charge in [-0.25, -0.2) is 4.79 Å². The van der Waals surface area contributed by atoms with Crippen molar-refractivity contribution in [2.24, 2.45) is 0 Å². The number of nitrogens with one attached hydrogen (secondary N) is 2. The highest BCUT2D eigenvalue weighted by molar-refractivity contribution is 7.13. The van der Waals surface area contributed by atoms with Gasteiger partial charge in [0.05, 0.1) is 0 Å². The number of rotatable bonds is 4. The van der Waals surface area contributed by atoms with E-state index in [4.69, 9.17) is 11.6 Å². The smallest absolute Gasteiger partial charge is 0.319 e. The zero-order chi connectivity index (χ0) is 16.1. The minimum absolute atomic E-state index is 0.270. The first-order chi connectivity index (χ1) is 11.2. The summed E-state index contributed by atoms with van der Waals surface area (Å²) >= 11 is 7.47. The number of hydrogen-bond acceptors (Lipinski definition) is 3. The Hall–Kier alpha value is -2.37. The highest BCUT2D eigenvalue weighted by Crippen LogP contribution is 2.24. The summed E-state index contributed by atoms with van der Waals surface area (Å²) in [5, 5.41) is 8.23. The molecule has 0 radical (unpaired) electrons. The summed E-state index contributed by atoms with van der Waals surface area (Å²) in [5.74, 6) is 0. The van der Waals surface area contributed by atoms with Crippen molar-refractivity contribution < 1.29 is 4.79 Å². The fourth-order valence-corrected chi connectivity index (χ4v) is 2.89. The summed E-state index contributed by atoms with van der Waals surface area (Å²) in [6, 6.07) is 12.8. The molecule has 0 bridgehead atoms. The summed E-state index contributed by atoms with van der Waals surface area (Å²) in [5.41, 5.74) is 2.69. The van der Waals surface area contributed by atoms with E-state index in [1.165, 1.54) is 0 Å². The Labute approximate surface area is 143 Å². The van der Waals surface area contributed by atoms with E-state index in [-0.39, 0.29) is 6.03 Å². The van der Waals surface area contributed by atoms with Crippen LogP contribution in [0.3, 0.4) is 0 Å². The molecule has 0 saturated heterocycles. The molecule has 0 aliphatic heterocycles. The lowest BCUT2D eigenvalue weighted by Gasteiger charge is -2.08. The van der Waals surface area contributed by atoms with Gasteiger partial charge >= 0.3 is 6.03 Å². The molecule has 4 nitrogen and oxygen atoms in total. The molecule has 2 N–H and O–H groups in total. The highest BCUT2D eigenvalue weighted by atomic mass is 35.5. The second-order valence-corrected chi connectivity index (χ2v) is 6.26. The van der Waals surface area contributed by atoms with Gasteiger partial charge in [-0.3, -0.25) is 4.98 Å². The van der Waals surface area contributed by atoms with Gasteiger partial charge in [-0.05, 0) is 47.3 Å². The van der Waals surface area contributed by atoms with Crippen LogP contribution in [0.1, 0.15) is 5.56 Å². The molecule has 0 fully saturated rings. The van der Waals surface area contributed by atoms with Gasteiger partial charge in [0.25, 0.3) is 0 Å². The van der Waals surface area contributed by atoms with Crippen molar-refractivity contribution in [2.75, 3.05) is 5.32 Å². The van der Waals surface area contributed by atoms with E-state index in [0.29, 0.717) is 17.3 Å². The molecule has 0 aliphatic rings. The lowest BCUT2D eigenvalue weighted by atomic mass is 10.2. The summed E-state index contributed by atoms with van der Waals surface area (Å²) in [6.45, 7) is 0.408. The summed E-state index contributed by atoms with van der Waals surface area (Å²) in [6.07, 6.45) is 3.57. The van der Waals surface area contributed by atoms with Crippen LogP contribution >= 0.6 is 22.9 Å². The van der Waals surface area contributed by atoms with Crippen LogP contribution in [0.4, 0.5) is 10.5 Å². The third-order valence-electron chi connectivity index (χ3n) is 3.16. The maximum absolute atomic E-state index is 11.9. The van der Waals surface area contributed by atoms with Gasteiger partial charge in [0.1, 0.15) is 0 Å². The predicted octanol–water partition coefficient (Wildman–Crippen LogP) is 4.79. The first kappa shape index (κ1) is 15.5. The largest absolute Gasteiger partial charge is 0.334 e. The number of halogens is 1. The third kappa shape index (κ3) is 4.31. The Morgan fingerprint density at radius 2 is 2.00 bits per heavy atom. The molecule has 116 valence electrons. The monoisotopic (exact) mass is 343 g/mol. The Kier molecular flexibility index (Phi) is 4.90. The SMILES string of the molecule is O=C(NCc1cncc(-c2cccs2)c1)Nc1ccc(Cl)cc1. The predicted molar refractivity (Wildman–Crippen MR) is 94.9 cm³/mol. The average Bonchev–Trinajstić information content (AvgIpc) is 3.10. The van der Waals surface area contributed by atoms with Gasteiger partial charge in [-0.1, -0.05) is 17.7 Å². The second kappa shape index (κ2) is 7.26. The molecule has 2 aromatic heterocycles. The van der Waals surface area contributed by atoms with Gasteiger partial charge in [0, 0.05) is 40.1 Å². The number of amides is 2. The summed E-state index contributed by atoms with van der Waals surface area (Å²) in [7, 11) is 0. The van der Waals surface area contributed by atoms with Crippen LogP contribution in [0.5, 0.6) is 0 Å². The topological polar surface area (TPSA) is 54.0 Å². The van der Waals surface area contributed by atoms with Crippen LogP contribution in [0, 0.1) is 0 Å². The standard InChI is InChI=1S/C17H14ClN3OS/c18-14-3-5-15(6-4-14)21-17(22)20-10-12-8-13(11-19-9-12)16-2-1-7-23-16/h1-9,11H,10H2,(H2,20,21,22). The number of thiophene rings is 1. The molecule has 2 heterocycles. The maximum Gasteiger partial charge on any atom is 0.319 e. The van der Waals surface area contributed by atoms with Crippen LogP contribution in [0.15, 0.2) is 60.2 Å². The Bertz CT molecular complexity index is 788. The van der Waals surface area contributed by atoms with Crippen LogP contribution in [0.2, 0.25) is 5.02 Å². The molecular weight excluding hydrogens is 330 g/mol. The number of carbonyl (C=O) groups excluding carboxylic acids is 1. The van der Waals surface area contributed by atoms with Crippen LogP contribution in [-0.2, 0) is 6.54 Å². The molecule has 0 saturated carbocycles. The molecule has 3 aromatic rings. The second-order valence-electron chi connectivity index (χ2n) is 4.87. The van der Waals surface area contributed by atoms with E-state index in [1.807, 2.05) is 29.8 Å². The molecule has 3 rings (SSSR count). The number of carbonyl (C=O) groups is 1. The Balaban J connectivity index is 1.58. The van der Waals surface area contributed by atoms with Crippen molar-refractivity contribution in [2.45, 2.75) is 6.54 Å². The van der Waals surface area contributed by atoms with Crippen molar-refractivity contribution in [1.82, 2.24) is 10.3 Å². The van der Waals surface area contributed by atoms with Crippen LogP contribution in [-0.4, -0.2) is 11.0 Å². The number of aromatic nitrogens is 1. The molecule has 0 spiro atoms. The molecule has 2 amide bonds. The molecule has 6 heteroatoms. The highest BCUT2D eigenvalue weighted by Gasteiger charge is 2.04. The van der Waals surface area contributed by atoms with Gasteiger partial charge in [0.15, 0.2) is 0 Å². The first-order valence-electron chi connectivity index (χ1n) is 6.99. The molecule has 23 heavy (non-hydrogen) atoms. The number of benzene rings is 1. The fraction of sp³-hybridized carbons (Fsp3) is 0.0588. The maximum atomic E-state index is 11.9. The van der Waals surface area contributed by atoms with E-state index in [1.54, 1.807) is 41.8 Å². The quantitative estimate of drug-likeness (QED) is 0.716. The van der Waals surface area contributed by atoms with Crippen molar-refractivity contribution >= 4 is 34.7 Å². The zero-order valence-electron chi connectivity index (χ0n) is 12.1. The average molecular weight is 344 g/mol. The van der Waals surface area contributed by atoms with Crippen molar-refractivity contribution in [3.05, 3.63) is 70.8 Å². The van der Waals surface area contributed by atoms with Gasteiger partial charge in [-0.2, -0.15) is 0 Å². The normalized spacial score (nSPS) is 10.3. The van der Waals surface area contributed by atoms with E-state index in [9.17, 15) is 4.79 Å². The van der Waals surface area contributed by atoms with E-state index < -0.39 is 0 Å². The number of nitrogens with zero attached hydrogens (tertiary/aromatic N) is 1. The molecule has 0 unspecified atom stereocenters. The Morgan fingerprint density at radius 3 is 2.74 bits per heavy atom. The number of anilines is 1. The third-order valence-corrected chi connectivity index (χ3v) is 4.33. The fourth-order valence-electron chi connectivity index (χ4n) is 2.05. The first-order valence-corrected chi connectivity index (χ1v) is 8.25.